The average Bonchev–Trinajstić information content (AvgIpc) is 3.20. The van der Waals surface area contributed by atoms with E-state index in [1.807, 2.05) is 0 Å². The highest BCUT2D eigenvalue weighted by Crippen LogP contribution is 2.36. The summed E-state index contributed by atoms with van der Waals surface area (Å²) in [6, 6.07) is 8.81. The van der Waals surface area contributed by atoms with Gasteiger partial charge in [-0.15, -0.1) is 0 Å². The van der Waals surface area contributed by atoms with E-state index in [0.717, 1.165) is 16.6 Å². The maximum absolute atomic E-state index is 13.7. The summed E-state index contributed by atoms with van der Waals surface area (Å²) in [4.78, 5) is 36.7. The summed E-state index contributed by atoms with van der Waals surface area (Å²) in [5.41, 5.74) is 0.00106. The molecule has 1 heterocycles. The fourth-order valence-electron chi connectivity index (χ4n) is 3.78. The predicted molar refractivity (Wildman–Crippen MR) is 125 cm³/mol. The number of nitro groups is 1. The molecule has 12 heteroatoms. The molecule has 11 nitrogen and oxygen atoms in total. The van der Waals surface area contributed by atoms with Gasteiger partial charge in [-0.3, -0.25) is 23.8 Å². The van der Waals surface area contributed by atoms with E-state index in [9.17, 15) is 28.1 Å². The summed E-state index contributed by atoms with van der Waals surface area (Å²) in [6.07, 6.45) is 2.22. The monoisotopic (exact) mass is 489 g/mol. The van der Waals surface area contributed by atoms with Crippen molar-refractivity contribution in [1.82, 2.24) is 4.57 Å². The second-order valence-corrected chi connectivity index (χ2v) is 9.22. The Morgan fingerprint density at radius 1 is 1.18 bits per heavy atom. The molecular weight excluding hydrogens is 466 g/mol. The number of ether oxygens (including phenoxy) is 2. The standard InChI is InChI=1S/C22H23N3O8S/c1-5-17(21(26)23-13-16(22(27)33-3)15-8-6-7-9-18(15)23)24(34(4,30)31)19-12-14(25(28)29)10-11-20(19)32-2/h6-13,17H,5H2,1-4H3. The normalized spacial score (nSPS) is 12.2. The molecule has 0 spiro atoms. The van der Waals surface area contributed by atoms with Gasteiger partial charge in [-0.2, -0.15) is 0 Å². The molecule has 0 amide bonds. The second-order valence-electron chi connectivity index (χ2n) is 7.36. The van der Waals surface area contributed by atoms with Crippen LogP contribution < -0.4 is 9.04 Å². The van der Waals surface area contributed by atoms with Crippen molar-refractivity contribution < 1.29 is 32.4 Å². The summed E-state index contributed by atoms with van der Waals surface area (Å²) in [5, 5.41) is 11.8. The first-order valence-corrected chi connectivity index (χ1v) is 11.9. The Morgan fingerprint density at radius 2 is 1.85 bits per heavy atom. The number of hydrogen-bond donors (Lipinski definition) is 0. The number of hydrogen-bond acceptors (Lipinski definition) is 8. The van der Waals surface area contributed by atoms with E-state index >= 15 is 0 Å². The first kappa shape index (κ1) is 24.7. The Kier molecular flexibility index (Phi) is 6.91. The summed E-state index contributed by atoms with van der Waals surface area (Å²) in [6.45, 7) is 1.61. The minimum absolute atomic E-state index is 0.0256. The molecule has 34 heavy (non-hydrogen) atoms. The van der Waals surface area contributed by atoms with Crippen LogP contribution in [0.1, 0.15) is 28.5 Å². The fraction of sp³-hybridized carbons (Fsp3) is 0.273. The Bertz CT molecular complexity index is 1380. The summed E-state index contributed by atoms with van der Waals surface area (Å²) < 4.78 is 37.9. The Labute approximate surface area is 195 Å². The molecule has 0 aliphatic carbocycles. The lowest BCUT2D eigenvalue weighted by Gasteiger charge is -2.31. The zero-order valence-corrected chi connectivity index (χ0v) is 19.7. The lowest BCUT2D eigenvalue weighted by Crippen LogP contribution is -2.46. The number of carbonyl (C=O) groups excluding carboxylic acids is 2. The van der Waals surface area contributed by atoms with Crippen LogP contribution in [0.3, 0.4) is 0 Å². The Hall–Kier alpha value is -3.93. The molecule has 3 aromatic rings. The van der Waals surface area contributed by atoms with Crippen molar-refractivity contribution in [2.24, 2.45) is 0 Å². The molecule has 0 aliphatic rings. The highest BCUT2D eigenvalue weighted by atomic mass is 32.2. The van der Waals surface area contributed by atoms with Gasteiger partial charge < -0.3 is 9.47 Å². The molecule has 1 unspecified atom stereocenters. The number of fused-ring (bicyclic) bond motifs is 1. The SMILES string of the molecule is CCC(C(=O)n1cc(C(=O)OC)c2ccccc21)N(c1cc([N+](=O)[O-])ccc1OC)S(C)(=O)=O. The average molecular weight is 490 g/mol. The van der Waals surface area contributed by atoms with E-state index in [2.05, 4.69) is 0 Å². The number of nitro benzene ring substituents is 1. The van der Waals surface area contributed by atoms with Gasteiger partial charge in [0.15, 0.2) is 0 Å². The molecule has 1 atom stereocenters. The number of carbonyl (C=O) groups is 2. The highest BCUT2D eigenvalue weighted by molar-refractivity contribution is 7.92. The maximum Gasteiger partial charge on any atom is 0.340 e. The minimum Gasteiger partial charge on any atom is -0.495 e. The van der Waals surface area contributed by atoms with Crippen LogP contribution in [0, 0.1) is 10.1 Å². The highest BCUT2D eigenvalue weighted by Gasteiger charge is 2.36. The smallest absolute Gasteiger partial charge is 0.340 e. The first-order valence-electron chi connectivity index (χ1n) is 10.1. The van der Waals surface area contributed by atoms with E-state index < -0.39 is 32.9 Å². The van der Waals surface area contributed by atoms with Crippen LogP contribution in [0.5, 0.6) is 5.75 Å². The number of esters is 1. The number of anilines is 1. The molecule has 0 bridgehead atoms. The van der Waals surface area contributed by atoms with Crippen LogP contribution >= 0.6 is 0 Å². The maximum atomic E-state index is 13.7. The van der Waals surface area contributed by atoms with Crippen molar-refractivity contribution in [3.8, 4) is 5.75 Å². The Balaban J connectivity index is 2.24. The number of methoxy groups -OCH3 is 2. The van der Waals surface area contributed by atoms with Crippen molar-refractivity contribution in [3.63, 3.8) is 0 Å². The molecule has 0 saturated carbocycles. The van der Waals surface area contributed by atoms with Gasteiger partial charge in [0.05, 0.1) is 36.5 Å². The molecule has 0 fully saturated rings. The largest absolute Gasteiger partial charge is 0.495 e. The van der Waals surface area contributed by atoms with E-state index in [1.165, 1.54) is 37.1 Å². The molecule has 0 aliphatic heterocycles. The molecule has 0 radical (unpaired) electrons. The topological polar surface area (TPSA) is 138 Å². The fourth-order valence-corrected chi connectivity index (χ4v) is 4.98. The van der Waals surface area contributed by atoms with Crippen molar-refractivity contribution in [2.45, 2.75) is 19.4 Å². The lowest BCUT2D eigenvalue weighted by molar-refractivity contribution is -0.384. The van der Waals surface area contributed by atoms with E-state index in [-0.39, 0.29) is 29.1 Å². The molecule has 0 saturated heterocycles. The molecule has 180 valence electrons. The number of nitrogens with zero attached hydrogens (tertiary/aromatic N) is 3. The Morgan fingerprint density at radius 3 is 2.41 bits per heavy atom. The van der Waals surface area contributed by atoms with Gasteiger partial charge in [-0.1, -0.05) is 25.1 Å². The second kappa shape index (κ2) is 9.51. The van der Waals surface area contributed by atoms with E-state index in [4.69, 9.17) is 9.47 Å². The van der Waals surface area contributed by atoms with Gasteiger partial charge >= 0.3 is 5.97 Å². The van der Waals surface area contributed by atoms with Crippen LogP contribution in [-0.2, 0) is 14.8 Å². The molecule has 3 rings (SSSR count). The molecule has 1 aromatic heterocycles. The quantitative estimate of drug-likeness (QED) is 0.267. The van der Waals surface area contributed by atoms with E-state index in [1.54, 1.807) is 31.2 Å². The number of non-ortho nitro benzene ring substituents is 1. The van der Waals surface area contributed by atoms with Crippen molar-refractivity contribution >= 4 is 44.2 Å². The number of aromatic nitrogens is 1. The van der Waals surface area contributed by atoms with E-state index in [0.29, 0.717) is 10.9 Å². The minimum atomic E-state index is -4.12. The van der Waals surface area contributed by atoms with Gasteiger partial charge in [0.1, 0.15) is 17.5 Å². The number of benzene rings is 2. The third kappa shape index (κ3) is 4.44. The van der Waals surface area contributed by atoms with Gasteiger partial charge in [0, 0.05) is 23.7 Å². The summed E-state index contributed by atoms with van der Waals surface area (Å²) in [7, 11) is -1.62. The summed E-state index contributed by atoms with van der Waals surface area (Å²) in [5.74, 6) is -1.28. The zero-order valence-electron chi connectivity index (χ0n) is 18.9. The predicted octanol–water partition coefficient (Wildman–Crippen LogP) is 3.23. The molecule has 2 aromatic carbocycles. The molecular formula is C22H23N3O8S. The van der Waals surface area contributed by atoms with Crippen molar-refractivity contribution in [1.29, 1.82) is 0 Å². The van der Waals surface area contributed by atoms with Crippen molar-refractivity contribution in [3.05, 3.63) is 64.3 Å². The number of sulfonamides is 1. The van der Waals surface area contributed by atoms with Crippen LogP contribution in [0.2, 0.25) is 0 Å². The number of rotatable bonds is 8. The third-order valence-corrected chi connectivity index (χ3v) is 6.44. The molecule has 0 N–H and O–H groups in total. The zero-order chi connectivity index (χ0) is 25.2. The van der Waals surface area contributed by atoms with Gasteiger partial charge in [0.2, 0.25) is 10.0 Å². The summed E-state index contributed by atoms with van der Waals surface area (Å²) >= 11 is 0. The number of para-hydroxylation sites is 1. The van der Waals surface area contributed by atoms with Gasteiger partial charge in [-0.05, 0) is 18.6 Å². The van der Waals surface area contributed by atoms with Crippen LogP contribution in [-0.4, -0.2) is 56.3 Å². The van der Waals surface area contributed by atoms with Crippen LogP contribution in [0.4, 0.5) is 11.4 Å². The van der Waals surface area contributed by atoms with Gasteiger partial charge in [-0.25, -0.2) is 13.2 Å². The van der Waals surface area contributed by atoms with Gasteiger partial charge in [0.25, 0.3) is 11.6 Å². The third-order valence-electron chi connectivity index (χ3n) is 5.28. The van der Waals surface area contributed by atoms with Crippen molar-refractivity contribution in [2.75, 3.05) is 24.8 Å². The van der Waals surface area contributed by atoms with Crippen LogP contribution in [0.15, 0.2) is 48.7 Å². The van der Waals surface area contributed by atoms with Crippen LogP contribution in [0.25, 0.3) is 10.9 Å². The lowest BCUT2D eigenvalue weighted by atomic mass is 10.1. The first-order chi connectivity index (χ1) is 16.0.